The summed E-state index contributed by atoms with van der Waals surface area (Å²) in [6, 6.07) is 7.87. The molecule has 0 saturated heterocycles. The van der Waals surface area contributed by atoms with Crippen LogP contribution in [0.1, 0.15) is 19.4 Å². The number of hydrogen-bond donors (Lipinski definition) is 1. The van der Waals surface area contributed by atoms with Crippen LogP contribution in [0, 0.1) is 0 Å². The first-order valence-corrected chi connectivity index (χ1v) is 4.50. The van der Waals surface area contributed by atoms with E-state index in [4.69, 9.17) is 10.7 Å². The number of hydrogen-bond acceptors (Lipinski definition) is 2. The third-order valence-corrected chi connectivity index (χ3v) is 2.51. The van der Waals surface area contributed by atoms with Gasteiger partial charge >= 0.3 is 0 Å². The van der Waals surface area contributed by atoms with Crippen LogP contribution >= 0.6 is 15.9 Å². The van der Waals surface area contributed by atoms with Gasteiger partial charge in [0.05, 0.1) is 0 Å². The fraction of sp³-hybridized carbons (Fsp3) is 0.333. The quantitative estimate of drug-likeness (QED) is 0.792. The molecule has 0 saturated carbocycles. The summed E-state index contributed by atoms with van der Waals surface area (Å²) in [7, 11) is 0. The van der Waals surface area contributed by atoms with Gasteiger partial charge in [-0.3, -0.25) is 4.84 Å². The molecule has 1 rings (SSSR count). The molecular weight excluding hydrogens is 218 g/mol. The summed E-state index contributed by atoms with van der Waals surface area (Å²) in [6.45, 7) is 3.85. The molecule has 3 heteroatoms. The van der Waals surface area contributed by atoms with Crippen LogP contribution in [0.4, 0.5) is 0 Å². The van der Waals surface area contributed by atoms with Crippen molar-refractivity contribution in [3.63, 3.8) is 0 Å². The molecule has 1 aromatic rings. The number of nitrogens with two attached hydrogens (primary N) is 1. The highest BCUT2D eigenvalue weighted by molar-refractivity contribution is 9.10. The minimum absolute atomic E-state index is 0.444. The average molecular weight is 230 g/mol. The molecule has 0 atom stereocenters. The van der Waals surface area contributed by atoms with Gasteiger partial charge in [0.25, 0.3) is 0 Å². The number of benzene rings is 1. The Bertz CT molecular complexity index is 273. The maximum Gasteiger partial charge on any atom is 0.110 e. The zero-order valence-corrected chi connectivity index (χ0v) is 8.76. The van der Waals surface area contributed by atoms with Crippen LogP contribution in [-0.2, 0) is 10.4 Å². The van der Waals surface area contributed by atoms with Crippen LogP contribution < -0.4 is 5.90 Å². The van der Waals surface area contributed by atoms with Gasteiger partial charge in [0.2, 0.25) is 0 Å². The van der Waals surface area contributed by atoms with Crippen molar-refractivity contribution < 1.29 is 4.84 Å². The molecule has 12 heavy (non-hydrogen) atoms. The fourth-order valence-electron chi connectivity index (χ4n) is 1.01. The molecule has 0 aliphatic rings. The van der Waals surface area contributed by atoms with E-state index in [-0.39, 0.29) is 0 Å². The van der Waals surface area contributed by atoms with E-state index in [9.17, 15) is 0 Å². The molecule has 0 aliphatic carbocycles. The first kappa shape index (κ1) is 9.71. The third-order valence-electron chi connectivity index (χ3n) is 1.82. The van der Waals surface area contributed by atoms with Crippen molar-refractivity contribution in [3.05, 3.63) is 34.3 Å². The maximum atomic E-state index is 5.19. The van der Waals surface area contributed by atoms with E-state index in [1.165, 1.54) is 0 Å². The Kier molecular flexibility index (Phi) is 2.88. The Morgan fingerprint density at radius 3 is 2.42 bits per heavy atom. The fourth-order valence-corrected chi connectivity index (χ4v) is 1.78. The van der Waals surface area contributed by atoms with Crippen molar-refractivity contribution in [2.75, 3.05) is 0 Å². The van der Waals surface area contributed by atoms with Crippen LogP contribution in [0.25, 0.3) is 0 Å². The lowest BCUT2D eigenvalue weighted by Gasteiger charge is -2.23. The Labute approximate surface area is 80.8 Å². The summed E-state index contributed by atoms with van der Waals surface area (Å²) in [5.74, 6) is 5.19. The summed E-state index contributed by atoms with van der Waals surface area (Å²) < 4.78 is 1.01. The van der Waals surface area contributed by atoms with Gasteiger partial charge in [-0.05, 0) is 25.5 Å². The topological polar surface area (TPSA) is 35.2 Å². The minimum atomic E-state index is -0.444. The highest BCUT2D eigenvalue weighted by Gasteiger charge is 2.22. The number of halogens is 1. The van der Waals surface area contributed by atoms with E-state index < -0.39 is 5.60 Å². The van der Waals surface area contributed by atoms with Crippen LogP contribution in [0.15, 0.2) is 28.7 Å². The van der Waals surface area contributed by atoms with E-state index in [0.717, 1.165) is 10.0 Å². The highest BCUT2D eigenvalue weighted by Crippen LogP contribution is 2.29. The molecule has 0 bridgehead atoms. The Morgan fingerprint density at radius 2 is 1.92 bits per heavy atom. The monoisotopic (exact) mass is 229 g/mol. The van der Waals surface area contributed by atoms with Gasteiger partial charge < -0.3 is 0 Å². The van der Waals surface area contributed by atoms with E-state index in [0.29, 0.717) is 0 Å². The van der Waals surface area contributed by atoms with Gasteiger partial charge in [-0.15, -0.1) is 0 Å². The van der Waals surface area contributed by atoms with E-state index in [1.807, 2.05) is 38.1 Å². The second kappa shape index (κ2) is 3.56. The lowest BCUT2D eigenvalue weighted by atomic mass is 9.99. The van der Waals surface area contributed by atoms with Crippen molar-refractivity contribution in [1.82, 2.24) is 0 Å². The molecule has 0 amide bonds. The summed E-state index contributed by atoms with van der Waals surface area (Å²) in [5, 5.41) is 0. The van der Waals surface area contributed by atoms with Crippen molar-refractivity contribution in [2.24, 2.45) is 5.90 Å². The Morgan fingerprint density at radius 1 is 1.33 bits per heavy atom. The molecule has 0 fully saturated rings. The molecule has 0 heterocycles. The lowest BCUT2D eigenvalue weighted by molar-refractivity contribution is -0.0241. The molecule has 0 spiro atoms. The van der Waals surface area contributed by atoms with Crippen molar-refractivity contribution in [3.8, 4) is 0 Å². The largest absolute Gasteiger partial charge is 0.294 e. The molecule has 0 aromatic heterocycles. The highest BCUT2D eigenvalue weighted by atomic mass is 79.9. The van der Waals surface area contributed by atoms with Crippen molar-refractivity contribution in [2.45, 2.75) is 19.4 Å². The van der Waals surface area contributed by atoms with Gasteiger partial charge in [0.1, 0.15) is 5.60 Å². The molecule has 0 radical (unpaired) electrons. The third kappa shape index (κ3) is 1.86. The maximum absolute atomic E-state index is 5.19. The second-order valence-corrected chi connectivity index (χ2v) is 3.96. The summed E-state index contributed by atoms with van der Waals surface area (Å²) >= 11 is 3.44. The van der Waals surface area contributed by atoms with Crippen LogP contribution in [0.3, 0.4) is 0 Å². The predicted molar refractivity (Wildman–Crippen MR) is 52.4 cm³/mol. The Hall–Kier alpha value is -0.380. The molecule has 66 valence electrons. The summed E-state index contributed by atoms with van der Waals surface area (Å²) in [4.78, 5) is 4.87. The van der Waals surface area contributed by atoms with Crippen molar-refractivity contribution >= 4 is 15.9 Å². The van der Waals surface area contributed by atoms with E-state index >= 15 is 0 Å². The zero-order chi connectivity index (χ0) is 9.19. The summed E-state index contributed by atoms with van der Waals surface area (Å²) in [5.41, 5.74) is 0.604. The molecule has 2 nitrogen and oxygen atoms in total. The van der Waals surface area contributed by atoms with Gasteiger partial charge in [0, 0.05) is 4.47 Å². The van der Waals surface area contributed by atoms with Crippen LogP contribution in [-0.4, -0.2) is 0 Å². The number of rotatable bonds is 2. The normalized spacial score (nSPS) is 11.7. The first-order valence-electron chi connectivity index (χ1n) is 3.71. The SMILES string of the molecule is CC(C)(ON)c1ccccc1Br. The second-order valence-electron chi connectivity index (χ2n) is 3.11. The van der Waals surface area contributed by atoms with Gasteiger partial charge in [-0.2, -0.15) is 0 Å². The zero-order valence-electron chi connectivity index (χ0n) is 7.17. The molecule has 2 N–H and O–H groups in total. The molecule has 0 unspecified atom stereocenters. The summed E-state index contributed by atoms with van der Waals surface area (Å²) in [6.07, 6.45) is 0. The lowest BCUT2D eigenvalue weighted by Crippen LogP contribution is -2.25. The molecular formula is C9H12BrNO. The van der Waals surface area contributed by atoms with Gasteiger partial charge in [0.15, 0.2) is 0 Å². The molecule has 1 aromatic carbocycles. The van der Waals surface area contributed by atoms with Crippen molar-refractivity contribution in [1.29, 1.82) is 0 Å². The van der Waals surface area contributed by atoms with Crippen LogP contribution in [0.2, 0.25) is 0 Å². The van der Waals surface area contributed by atoms with Gasteiger partial charge in [-0.1, -0.05) is 34.1 Å². The van der Waals surface area contributed by atoms with Gasteiger partial charge in [-0.25, -0.2) is 5.90 Å². The van der Waals surface area contributed by atoms with E-state index in [1.54, 1.807) is 0 Å². The molecule has 0 aliphatic heterocycles. The first-order chi connectivity index (χ1) is 5.58. The predicted octanol–water partition coefficient (Wildman–Crippen LogP) is 2.57. The smallest absolute Gasteiger partial charge is 0.110 e. The minimum Gasteiger partial charge on any atom is -0.294 e. The van der Waals surface area contributed by atoms with E-state index in [2.05, 4.69) is 15.9 Å². The Balaban J connectivity index is 3.10. The standard InChI is InChI=1S/C9H12BrNO/c1-9(2,12-11)7-5-3-4-6-8(7)10/h3-6H,11H2,1-2H3. The average Bonchev–Trinajstić information content (AvgIpc) is 2.05. The van der Waals surface area contributed by atoms with Crippen LogP contribution in [0.5, 0.6) is 0 Å².